The molecule has 0 aromatic heterocycles. The fourth-order valence-corrected chi connectivity index (χ4v) is 4.15. The Morgan fingerprint density at radius 3 is 2.37 bits per heavy atom. The molecule has 0 radical (unpaired) electrons. The highest BCUT2D eigenvalue weighted by atomic mass is 16.7. The van der Waals surface area contributed by atoms with E-state index in [2.05, 4.69) is 82.7 Å². The number of carbonyl (C=O) groups is 1. The predicted octanol–water partition coefficient (Wildman–Crippen LogP) is 5.07. The van der Waals surface area contributed by atoms with Crippen molar-refractivity contribution in [2.45, 2.75) is 45.3 Å². The number of hydrogen-bond acceptors (Lipinski definition) is 7. The van der Waals surface area contributed by atoms with Gasteiger partial charge in [-0.15, -0.1) is 18.6 Å². The Morgan fingerprint density at radius 1 is 1.20 bits per heavy atom. The van der Waals surface area contributed by atoms with Crippen molar-refractivity contribution in [2.75, 3.05) is 32.1 Å². The van der Waals surface area contributed by atoms with Crippen molar-refractivity contribution < 1.29 is 19.8 Å². The summed E-state index contributed by atoms with van der Waals surface area (Å²) in [6.07, 6.45) is 11.8. The lowest BCUT2D eigenvalue weighted by Gasteiger charge is -2.31. The zero-order valence-electron chi connectivity index (χ0n) is 24.7. The summed E-state index contributed by atoms with van der Waals surface area (Å²) in [5, 5.41) is 20.7. The lowest BCUT2D eigenvalue weighted by molar-refractivity contribution is -0.104. The maximum absolute atomic E-state index is 9.76. The van der Waals surface area contributed by atoms with Gasteiger partial charge in [0.1, 0.15) is 6.29 Å². The number of aliphatic hydroxyl groups is 2. The van der Waals surface area contributed by atoms with E-state index in [9.17, 15) is 9.90 Å². The van der Waals surface area contributed by atoms with Gasteiger partial charge in [-0.3, -0.25) is 9.79 Å². The number of nitrogens with one attached hydrogen (secondary N) is 2. The number of guanidine groups is 1. The summed E-state index contributed by atoms with van der Waals surface area (Å²) in [4.78, 5) is 26.4. The monoisotopic (exact) mass is 563 g/mol. The van der Waals surface area contributed by atoms with Crippen LogP contribution >= 0.6 is 0 Å². The number of aliphatic hydroxyl groups excluding tert-OH is 2. The summed E-state index contributed by atoms with van der Waals surface area (Å²) >= 11 is 0. The zero-order valence-corrected chi connectivity index (χ0v) is 24.7. The number of aliphatic imine (C=N–C) groups is 2. The Morgan fingerprint density at radius 2 is 1.85 bits per heavy atom. The number of piperidine rings is 1. The van der Waals surface area contributed by atoms with Crippen molar-refractivity contribution in [3.05, 3.63) is 97.4 Å². The second kappa shape index (κ2) is 19.8. The van der Waals surface area contributed by atoms with Crippen molar-refractivity contribution in [1.29, 1.82) is 0 Å². The molecule has 41 heavy (non-hydrogen) atoms. The second-order valence-electron chi connectivity index (χ2n) is 8.92. The molecule has 2 aliphatic rings. The van der Waals surface area contributed by atoms with Crippen LogP contribution in [0.25, 0.3) is 5.76 Å². The molecule has 0 amide bonds. The van der Waals surface area contributed by atoms with Gasteiger partial charge in [0.05, 0.1) is 24.1 Å². The van der Waals surface area contributed by atoms with E-state index in [1.807, 2.05) is 6.92 Å². The molecular weight excluding hydrogens is 518 g/mol. The van der Waals surface area contributed by atoms with Crippen molar-refractivity contribution in [3.63, 3.8) is 0 Å². The molecule has 1 atom stereocenters. The summed E-state index contributed by atoms with van der Waals surface area (Å²) in [5.74, 6) is 1.38. The summed E-state index contributed by atoms with van der Waals surface area (Å²) in [6, 6.07) is 8.56. The normalized spacial score (nSPS) is 18.4. The molecule has 4 N–H and O–H groups in total. The number of allylic oxidation sites excluding steroid dienone is 5. The number of hydrogen-bond donors (Lipinski definition) is 4. The van der Waals surface area contributed by atoms with E-state index in [1.165, 1.54) is 23.9 Å². The Hall–Kier alpha value is -4.21. The SMILES string of the molecule is C=C.C=CC(=N\C(=NC)NC)/C(C)=C/C1=C(c2ccc(N3CCC(O)CC3)cc2)ONC1CC.O=C/C=C/C=C\O. The van der Waals surface area contributed by atoms with E-state index in [0.29, 0.717) is 12.2 Å². The van der Waals surface area contributed by atoms with Gasteiger partial charge in [-0.1, -0.05) is 19.6 Å². The molecule has 222 valence electrons. The Bertz CT molecular complexity index is 1140. The van der Waals surface area contributed by atoms with Gasteiger partial charge in [-0.05, 0) is 80.3 Å². The molecule has 0 aliphatic carbocycles. The molecule has 1 fully saturated rings. The van der Waals surface area contributed by atoms with E-state index in [1.54, 1.807) is 20.2 Å². The number of aldehydes is 1. The minimum Gasteiger partial charge on any atom is -0.516 e. The molecule has 2 heterocycles. The molecule has 9 heteroatoms. The van der Waals surface area contributed by atoms with Crippen molar-refractivity contribution >= 4 is 29.4 Å². The summed E-state index contributed by atoms with van der Waals surface area (Å²) in [6.45, 7) is 15.8. The maximum atomic E-state index is 9.76. The molecule has 1 aromatic carbocycles. The van der Waals surface area contributed by atoms with Gasteiger partial charge < -0.3 is 25.3 Å². The molecule has 3 rings (SSSR count). The highest BCUT2D eigenvalue weighted by molar-refractivity contribution is 6.13. The van der Waals surface area contributed by atoms with Crippen LogP contribution in [0.15, 0.2) is 102 Å². The average Bonchev–Trinajstić information content (AvgIpc) is 3.42. The van der Waals surface area contributed by atoms with Crippen LogP contribution in [-0.2, 0) is 9.63 Å². The molecule has 0 saturated carbocycles. The third kappa shape index (κ3) is 11.1. The van der Waals surface area contributed by atoms with Crippen LogP contribution in [0.4, 0.5) is 5.69 Å². The van der Waals surface area contributed by atoms with Crippen LogP contribution in [0.3, 0.4) is 0 Å². The molecule has 1 saturated heterocycles. The van der Waals surface area contributed by atoms with E-state index in [0.717, 1.165) is 66.8 Å². The standard InChI is InChI=1S/C25H35N5O2.C5H6O2.C2H4/c1-6-22(28-25(26-4)27-5)17(3)16-21-23(7-2)29-32-24(21)18-8-10-19(11-9-18)30-14-12-20(31)13-15-30;6-4-2-1-3-5-7;1-2/h6,8-11,16,20,23,29,31H,1,7,12-15H2,2-5H3,(H,26,27);1-6H;1-2H2/b17-16+,28-22+;3-1+,4-2-;. The van der Waals surface area contributed by atoms with Crippen LogP contribution < -0.4 is 15.7 Å². The molecule has 2 aliphatic heterocycles. The Labute approximate surface area is 244 Å². The molecule has 1 aromatic rings. The van der Waals surface area contributed by atoms with Crippen LogP contribution in [-0.4, -0.2) is 67.5 Å². The van der Waals surface area contributed by atoms with E-state index in [-0.39, 0.29) is 12.1 Å². The maximum Gasteiger partial charge on any atom is 0.217 e. The number of carbonyl (C=O) groups excluding carboxylic acids is 1. The van der Waals surface area contributed by atoms with Gasteiger partial charge in [-0.25, -0.2) is 4.99 Å². The Kier molecular flexibility index (Phi) is 16.8. The fourth-order valence-electron chi connectivity index (χ4n) is 4.15. The highest BCUT2D eigenvalue weighted by Gasteiger charge is 2.26. The van der Waals surface area contributed by atoms with Crippen LogP contribution in [0.1, 0.15) is 38.7 Å². The minimum atomic E-state index is -0.172. The minimum absolute atomic E-state index is 0.0953. The van der Waals surface area contributed by atoms with Crippen molar-refractivity contribution in [3.8, 4) is 0 Å². The number of benzene rings is 1. The molecule has 1 unspecified atom stereocenters. The molecular formula is C32H45N5O4. The largest absolute Gasteiger partial charge is 0.516 e. The first-order valence-corrected chi connectivity index (χ1v) is 13.6. The van der Waals surface area contributed by atoms with Crippen LogP contribution in [0.5, 0.6) is 0 Å². The van der Waals surface area contributed by atoms with Gasteiger partial charge in [0.15, 0.2) is 5.76 Å². The first-order valence-electron chi connectivity index (χ1n) is 13.6. The fraction of sp³-hybridized carbons (Fsp3) is 0.344. The van der Waals surface area contributed by atoms with E-state index in [4.69, 9.17) is 9.94 Å². The first-order chi connectivity index (χ1) is 19.9. The lowest BCUT2D eigenvalue weighted by atomic mass is 9.97. The number of anilines is 1. The smallest absolute Gasteiger partial charge is 0.217 e. The average molecular weight is 564 g/mol. The second-order valence-corrected chi connectivity index (χ2v) is 8.92. The third-order valence-corrected chi connectivity index (χ3v) is 6.33. The number of nitrogens with zero attached hydrogens (tertiary/aromatic N) is 3. The first kappa shape index (κ1) is 34.8. The molecule has 0 spiro atoms. The lowest BCUT2D eigenvalue weighted by Crippen LogP contribution is -2.35. The van der Waals surface area contributed by atoms with Gasteiger partial charge in [0.25, 0.3) is 0 Å². The van der Waals surface area contributed by atoms with Gasteiger partial charge in [0.2, 0.25) is 5.96 Å². The molecule has 9 nitrogen and oxygen atoms in total. The van der Waals surface area contributed by atoms with Crippen molar-refractivity contribution in [2.24, 2.45) is 9.98 Å². The van der Waals surface area contributed by atoms with Crippen LogP contribution in [0.2, 0.25) is 0 Å². The number of rotatable bonds is 8. The quantitative estimate of drug-likeness (QED) is 0.0664. The highest BCUT2D eigenvalue weighted by Crippen LogP contribution is 2.31. The van der Waals surface area contributed by atoms with E-state index >= 15 is 0 Å². The summed E-state index contributed by atoms with van der Waals surface area (Å²) in [7, 11) is 3.50. The topological polar surface area (TPSA) is 119 Å². The van der Waals surface area contributed by atoms with Gasteiger partial charge in [0, 0.05) is 44.0 Å². The number of hydroxylamine groups is 1. The van der Waals surface area contributed by atoms with Crippen molar-refractivity contribution in [1.82, 2.24) is 10.8 Å². The zero-order chi connectivity index (χ0) is 30.6. The third-order valence-electron chi connectivity index (χ3n) is 6.33. The summed E-state index contributed by atoms with van der Waals surface area (Å²) in [5.41, 5.74) is 8.19. The van der Waals surface area contributed by atoms with E-state index < -0.39 is 0 Å². The predicted molar refractivity (Wildman–Crippen MR) is 171 cm³/mol. The van der Waals surface area contributed by atoms with Gasteiger partial charge >= 0.3 is 0 Å². The van der Waals surface area contributed by atoms with Crippen LogP contribution in [0, 0.1) is 0 Å². The summed E-state index contributed by atoms with van der Waals surface area (Å²) < 4.78 is 0. The Balaban J connectivity index is 0.000000816. The van der Waals surface area contributed by atoms with Gasteiger partial charge in [-0.2, -0.15) is 0 Å². The molecule has 0 bridgehead atoms.